The summed E-state index contributed by atoms with van der Waals surface area (Å²) in [6.07, 6.45) is 2.07. The fourth-order valence-corrected chi connectivity index (χ4v) is 3.19. The van der Waals surface area contributed by atoms with E-state index in [1.54, 1.807) is 0 Å². The monoisotopic (exact) mass is 213 g/mol. The highest BCUT2D eigenvalue weighted by atomic mass is 16.4. The predicted molar refractivity (Wildman–Crippen MR) is 55.5 cm³/mol. The van der Waals surface area contributed by atoms with Crippen LogP contribution in [-0.2, 0) is 4.79 Å². The fraction of sp³-hybridized carbons (Fsp3) is 0.909. The van der Waals surface area contributed by atoms with Crippen molar-refractivity contribution in [2.24, 2.45) is 11.8 Å². The van der Waals surface area contributed by atoms with Gasteiger partial charge in [-0.25, -0.2) is 0 Å². The number of piperidine rings is 1. The molecular formula is C11H19NO3. The zero-order valence-electron chi connectivity index (χ0n) is 9.15. The first-order valence-electron chi connectivity index (χ1n) is 5.75. The van der Waals surface area contributed by atoms with Crippen molar-refractivity contribution >= 4 is 5.97 Å². The van der Waals surface area contributed by atoms with Gasteiger partial charge in [-0.2, -0.15) is 0 Å². The Labute approximate surface area is 89.9 Å². The Morgan fingerprint density at radius 1 is 1.60 bits per heavy atom. The molecule has 2 N–H and O–H groups in total. The maximum Gasteiger partial charge on any atom is 0.309 e. The number of rotatable bonds is 3. The maximum absolute atomic E-state index is 11.1. The summed E-state index contributed by atoms with van der Waals surface area (Å²) in [6.45, 7) is 4.58. The van der Waals surface area contributed by atoms with Gasteiger partial charge in [-0.15, -0.1) is 0 Å². The number of carboxylic acid groups (broad SMARTS) is 1. The average molecular weight is 213 g/mol. The van der Waals surface area contributed by atoms with E-state index >= 15 is 0 Å². The quantitative estimate of drug-likeness (QED) is 0.719. The minimum absolute atomic E-state index is 0.160. The maximum atomic E-state index is 11.1. The summed E-state index contributed by atoms with van der Waals surface area (Å²) < 4.78 is 0. The Kier molecular flexibility index (Phi) is 2.73. The van der Waals surface area contributed by atoms with Crippen molar-refractivity contribution < 1.29 is 15.0 Å². The average Bonchev–Trinajstić information content (AvgIpc) is 2.58. The highest BCUT2D eigenvalue weighted by Crippen LogP contribution is 2.41. The molecule has 2 rings (SSSR count). The van der Waals surface area contributed by atoms with Crippen molar-refractivity contribution in [2.45, 2.75) is 31.8 Å². The van der Waals surface area contributed by atoms with Crippen LogP contribution >= 0.6 is 0 Å². The molecule has 0 aromatic carbocycles. The van der Waals surface area contributed by atoms with Crippen LogP contribution in [0, 0.1) is 11.8 Å². The van der Waals surface area contributed by atoms with Gasteiger partial charge in [0.2, 0.25) is 0 Å². The number of carboxylic acids is 1. The third-order valence-corrected chi connectivity index (χ3v) is 4.12. The van der Waals surface area contributed by atoms with E-state index in [4.69, 9.17) is 5.11 Å². The predicted octanol–water partition coefficient (Wildman–Crippen LogP) is 0.554. The fourth-order valence-electron chi connectivity index (χ4n) is 3.19. The molecule has 2 fully saturated rings. The second-order valence-electron chi connectivity index (χ2n) is 4.83. The van der Waals surface area contributed by atoms with E-state index in [9.17, 15) is 9.90 Å². The second-order valence-corrected chi connectivity index (χ2v) is 4.83. The van der Waals surface area contributed by atoms with Crippen molar-refractivity contribution in [1.82, 2.24) is 4.90 Å². The lowest BCUT2D eigenvalue weighted by molar-refractivity contribution is -0.161. The molecule has 0 radical (unpaired) electrons. The van der Waals surface area contributed by atoms with Crippen molar-refractivity contribution in [3.05, 3.63) is 0 Å². The van der Waals surface area contributed by atoms with Gasteiger partial charge in [0, 0.05) is 19.0 Å². The summed E-state index contributed by atoms with van der Waals surface area (Å²) >= 11 is 0. The molecule has 15 heavy (non-hydrogen) atoms. The van der Waals surface area contributed by atoms with Gasteiger partial charge >= 0.3 is 5.97 Å². The summed E-state index contributed by atoms with van der Waals surface area (Å²) in [5, 5.41) is 19.7. The van der Waals surface area contributed by atoms with Gasteiger partial charge in [0.15, 0.2) is 0 Å². The number of aliphatic hydroxyl groups is 1. The Morgan fingerprint density at radius 2 is 2.33 bits per heavy atom. The van der Waals surface area contributed by atoms with E-state index in [2.05, 4.69) is 4.90 Å². The summed E-state index contributed by atoms with van der Waals surface area (Å²) in [5.41, 5.74) is -0.965. The van der Waals surface area contributed by atoms with Crippen LogP contribution in [0.3, 0.4) is 0 Å². The van der Waals surface area contributed by atoms with Gasteiger partial charge in [0.05, 0.1) is 11.5 Å². The summed E-state index contributed by atoms with van der Waals surface area (Å²) in [5.74, 6) is -1.28. The van der Waals surface area contributed by atoms with Crippen molar-refractivity contribution in [2.75, 3.05) is 19.6 Å². The number of hydrogen-bond donors (Lipinski definition) is 2. The molecule has 0 saturated carbocycles. The smallest absolute Gasteiger partial charge is 0.309 e. The molecule has 0 aromatic heterocycles. The van der Waals surface area contributed by atoms with E-state index in [0.717, 1.165) is 26.1 Å². The zero-order chi connectivity index (χ0) is 11.1. The third kappa shape index (κ3) is 1.66. The third-order valence-electron chi connectivity index (χ3n) is 4.12. The summed E-state index contributed by atoms with van der Waals surface area (Å²) in [6, 6.07) is 0. The largest absolute Gasteiger partial charge is 0.481 e. The number of aliphatic carboxylic acids is 1. The van der Waals surface area contributed by atoms with Gasteiger partial charge in [-0.3, -0.25) is 4.79 Å². The summed E-state index contributed by atoms with van der Waals surface area (Å²) in [4.78, 5) is 13.4. The molecule has 4 atom stereocenters. The number of nitrogens with zero attached hydrogens (tertiary/aromatic N) is 1. The SMILES string of the molecule is CCC(C(=O)O)C1(O)CCN2CCC1C2. The van der Waals surface area contributed by atoms with Gasteiger partial charge in [-0.05, 0) is 25.8 Å². The van der Waals surface area contributed by atoms with Crippen LogP contribution in [0.15, 0.2) is 0 Å². The van der Waals surface area contributed by atoms with Crippen LogP contribution in [0.25, 0.3) is 0 Å². The molecule has 0 amide bonds. The first-order valence-corrected chi connectivity index (χ1v) is 5.75. The molecule has 4 unspecified atom stereocenters. The molecule has 2 heterocycles. The van der Waals surface area contributed by atoms with Crippen LogP contribution in [0.5, 0.6) is 0 Å². The van der Waals surface area contributed by atoms with E-state index in [1.807, 2.05) is 6.92 Å². The van der Waals surface area contributed by atoms with E-state index in [-0.39, 0.29) is 5.92 Å². The Morgan fingerprint density at radius 3 is 2.93 bits per heavy atom. The molecule has 2 bridgehead atoms. The minimum atomic E-state index is -0.965. The zero-order valence-corrected chi connectivity index (χ0v) is 9.15. The van der Waals surface area contributed by atoms with Gasteiger partial charge < -0.3 is 15.1 Å². The molecule has 4 nitrogen and oxygen atoms in total. The Balaban J connectivity index is 2.20. The van der Waals surface area contributed by atoms with Crippen LogP contribution < -0.4 is 0 Å². The standard InChI is InChI=1S/C11H19NO3/c1-2-9(10(13)14)11(15)4-6-12-5-3-8(11)7-12/h8-9,15H,2-7H2,1H3,(H,13,14). The van der Waals surface area contributed by atoms with Gasteiger partial charge in [0.1, 0.15) is 0 Å². The minimum Gasteiger partial charge on any atom is -0.481 e. The Hall–Kier alpha value is -0.610. The van der Waals surface area contributed by atoms with Gasteiger partial charge in [-0.1, -0.05) is 6.92 Å². The molecule has 0 aromatic rings. The lowest BCUT2D eigenvalue weighted by Gasteiger charge is -2.42. The van der Waals surface area contributed by atoms with Crippen LogP contribution in [0.2, 0.25) is 0 Å². The Bertz CT molecular complexity index is 269. The topological polar surface area (TPSA) is 60.8 Å². The van der Waals surface area contributed by atoms with Crippen LogP contribution in [0.1, 0.15) is 26.2 Å². The van der Waals surface area contributed by atoms with E-state index in [0.29, 0.717) is 12.8 Å². The molecule has 2 aliphatic rings. The van der Waals surface area contributed by atoms with Crippen molar-refractivity contribution in [3.63, 3.8) is 0 Å². The lowest BCUT2D eigenvalue weighted by atomic mass is 9.72. The number of fused-ring (bicyclic) bond motifs is 2. The molecule has 4 heteroatoms. The first-order chi connectivity index (χ1) is 7.08. The highest BCUT2D eigenvalue weighted by molar-refractivity contribution is 5.71. The van der Waals surface area contributed by atoms with E-state index in [1.165, 1.54) is 0 Å². The molecule has 86 valence electrons. The van der Waals surface area contributed by atoms with Crippen LogP contribution in [0.4, 0.5) is 0 Å². The first kappa shape index (κ1) is 10.9. The molecular weight excluding hydrogens is 194 g/mol. The second kappa shape index (κ2) is 3.76. The van der Waals surface area contributed by atoms with Crippen molar-refractivity contribution in [1.29, 1.82) is 0 Å². The van der Waals surface area contributed by atoms with Crippen LogP contribution in [-0.4, -0.2) is 46.3 Å². The molecule has 0 spiro atoms. The molecule has 2 saturated heterocycles. The van der Waals surface area contributed by atoms with Gasteiger partial charge in [0.25, 0.3) is 0 Å². The molecule has 2 aliphatic heterocycles. The summed E-state index contributed by atoms with van der Waals surface area (Å²) in [7, 11) is 0. The molecule has 0 aliphatic carbocycles. The highest BCUT2D eigenvalue weighted by Gasteiger charge is 2.51. The normalized spacial score (nSPS) is 41.5. The van der Waals surface area contributed by atoms with Crippen molar-refractivity contribution in [3.8, 4) is 0 Å². The van der Waals surface area contributed by atoms with E-state index < -0.39 is 17.5 Å². The number of hydrogen-bond acceptors (Lipinski definition) is 3. The number of carbonyl (C=O) groups is 1. The lowest BCUT2D eigenvalue weighted by Crippen LogP contribution is -2.53.